The number of rotatable bonds is 3. The zero-order chi connectivity index (χ0) is 15.7. The molecule has 0 unspecified atom stereocenters. The predicted octanol–water partition coefficient (Wildman–Crippen LogP) is 3.47. The van der Waals surface area contributed by atoms with E-state index in [1.54, 1.807) is 48.5 Å². The molecule has 0 N–H and O–H groups in total. The lowest BCUT2D eigenvalue weighted by molar-refractivity contribution is 0.262. The molecule has 1 fully saturated rings. The summed E-state index contributed by atoms with van der Waals surface area (Å²) in [6.07, 6.45) is -0.951. The average Bonchev–Trinajstić information content (AvgIpc) is 2.91. The van der Waals surface area contributed by atoms with E-state index in [1.807, 2.05) is 13.0 Å². The number of benzene rings is 2. The van der Waals surface area contributed by atoms with E-state index in [2.05, 4.69) is 0 Å². The van der Waals surface area contributed by atoms with Gasteiger partial charge in [0.2, 0.25) is 10.0 Å². The Morgan fingerprint density at radius 2 is 1.68 bits per heavy atom. The summed E-state index contributed by atoms with van der Waals surface area (Å²) in [4.78, 5) is 0.216. The zero-order valence-corrected chi connectivity index (χ0v) is 13.1. The molecule has 2 aromatic carbocycles. The van der Waals surface area contributed by atoms with Gasteiger partial charge in [-0.3, -0.25) is 0 Å². The molecule has 3 nitrogen and oxygen atoms in total. The second-order valence-electron chi connectivity index (χ2n) is 5.59. The third-order valence-corrected chi connectivity index (χ3v) is 5.94. The largest absolute Gasteiger partial charge is 0.245 e. The fourth-order valence-electron chi connectivity index (χ4n) is 2.87. The van der Waals surface area contributed by atoms with Crippen LogP contribution >= 0.6 is 0 Å². The van der Waals surface area contributed by atoms with Crippen LogP contribution in [0.5, 0.6) is 0 Å². The van der Waals surface area contributed by atoms with E-state index >= 15 is 0 Å². The molecule has 0 saturated carbocycles. The minimum atomic E-state index is -3.69. The topological polar surface area (TPSA) is 37.4 Å². The Morgan fingerprint density at radius 3 is 2.32 bits per heavy atom. The van der Waals surface area contributed by atoms with Gasteiger partial charge in [-0.25, -0.2) is 12.8 Å². The fourth-order valence-corrected chi connectivity index (χ4v) is 4.52. The van der Waals surface area contributed by atoms with Gasteiger partial charge in [0, 0.05) is 6.54 Å². The van der Waals surface area contributed by atoms with Gasteiger partial charge in [0.25, 0.3) is 0 Å². The van der Waals surface area contributed by atoms with Crippen molar-refractivity contribution < 1.29 is 12.8 Å². The van der Waals surface area contributed by atoms with Gasteiger partial charge in [0.1, 0.15) is 6.17 Å². The van der Waals surface area contributed by atoms with Crippen molar-refractivity contribution in [3.8, 4) is 0 Å². The van der Waals surface area contributed by atoms with Crippen molar-refractivity contribution >= 4 is 10.0 Å². The van der Waals surface area contributed by atoms with Crippen LogP contribution < -0.4 is 0 Å². The van der Waals surface area contributed by atoms with Crippen LogP contribution in [0.1, 0.15) is 23.6 Å². The number of hydrogen-bond donors (Lipinski definition) is 0. The number of nitrogens with zero attached hydrogens (tertiary/aromatic N) is 1. The Labute approximate surface area is 130 Å². The molecule has 1 aliphatic rings. The highest BCUT2D eigenvalue weighted by atomic mass is 32.2. The lowest BCUT2D eigenvalue weighted by Gasteiger charge is -2.25. The number of aryl methyl sites for hydroxylation is 1. The van der Waals surface area contributed by atoms with Crippen molar-refractivity contribution in [2.75, 3.05) is 6.54 Å². The van der Waals surface area contributed by atoms with Gasteiger partial charge in [0.05, 0.1) is 10.9 Å². The first kappa shape index (κ1) is 15.2. The van der Waals surface area contributed by atoms with Gasteiger partial charge in [-0.2, -0.15) is 4.31 Å². The molecule has 116 valence electrons. The highest BCUT2D eigenvalue weighted by Crippen LogP contribution is 2.38. The lowest BCUT2D eigenvalue weighted by atomic mass is 10.0. The first-order chi connectivity index (χ1) is 10.5. The molecule has 22 heavy (non-hydrogen) atoms. The Balaban J connectivity index is 2.00. The molecular weight excluding hydrogens is 301 g/mol. The van der Waals surface area contributed by atoms with Gasteiger partial charge < -0.3 is 0 Å². The third kappa shape index (κ3) is 2.66. The maximum atomic E-state index is 14.3. The molecule has 1 aliphatic heterocycles. The smallest absolute Gasteiger partial charge is 0.243 e. The average molecular weight is 319 g/mol. The molecule has 0 radical (unpaired) electrons. The molecule has 1 saturated heterocycles. The molecule has 3 rings (SSSR count). The molecule has 0 amide bonds. The summed E-state index contributed by atoms with van der Waals surface area (Å²) in [5, 5.41) is 0. The van der Waals surface area contributed by atoms with Crippen LogP contribution in [0, 0.1) is 6.92 Å². The quantitative estimate of drug-likeness (QED) is 0.869. The Morgan fingerprint density at radius 1 is 1.05 bits per heavy atom. The number of sulfonamides is 1. The van der Waals surface area contributed by atoms with Crippen molar-refractivity contribution in [2.24, 2.45) is 0 Å². The number of halogens is 1. The third-order valence-electron chi connectivity index (χ3n) is 4.05. The van der Waals surface area contributed by atoms with Crippen molar-refractivity contribution in [2.45, 2.75) is 30.5 Å². The maximum absolute atomic E-state index is 14.3. The SMILES string of the molecule is Cc1ccc(S(=O)(=O)N2CC[C@H](F)[C@H]2c2ccccc2)cc1. The van der Waals surface area contributed by atoms with Crippen molar-refractivity contribution in [1.29, 1.82) is 0 Å². The lowest BCUT2D eigenvalue weighted by Crippen LogP contribution is -2.32. The van der Waals surface area contributed by atoms with E-state index in [1.165, 1.54) is 4.31 Å². The number of alkyl halides is 1. The van der Waals surface area contributed by atoms with E-state index in [0.29, 0.717) is 5.56 Å². The first-order valence-electron chi connectivity index (χ1n) is 7.27. The van der Waals surface area contributed by atoms with Crippen LogP contribution in [0.4, 0.5) is 4.39 Å². The molecule has 0 aromatic heterocycles. The summed E-state index contributed by atoms with van der Waals surface area (Å²) >= 11 is 0. The van der Waals surface area contributed by atoms with Gasteiger partial charge in [-0.05, 0) is 31.0 Å². The van der Waals surface area contributed by atoms with Crippen molar-refractivity contribution in [3.05, 3.63) is 65.7 Å². The standard InChI is InChI=1S/C17H18FNO2S/c1-13-7-9-15(10-8-13)22(20,21)19-12-11-16(18)17(19)14-5-3-2-4-6-14/h2-10,16-17H,11-12H2,1H3/t16-,17+/m0/s1. The van der Waals surface area contributed by atoms with Crippen molar-refractivity contribution in [3.63, 3.8) is 0 Å². The molecule has 0 aliphatic carbocycles. The molecule has 1 heterocycles. The summed E-state index contributed by atoms with van der Waals surface area (Å²) in [6, 6.07) is 14.9. The summed E-state index contributed by atoms with van der Waals surface area (Å²) in [7, 11) is -3.69. The summed E-state index contributed by atoms with van der Waals surface area (Å²) in [5.41, 5.74) is 1.69. The van der Waals surface area contributed by atoms with Crippen LogP contribution in [0.3, 0.4) is 0 Å². The normalized spacial score (nSPS) is 22.8. The van der Waals surface area contributed by atoms with Gasteiger partial charge in [0.15, 0.2) is 0 Å². The monoisotopic (exact) mass is 319 g/mol. The van der Waals surface area contributed by atoms with E-state index in [-0.39, 0.29) is 17.9 Å². The van der Waals surface area contributed by atoms with Crippen LogP contribution in [0.2, 0.25) is 0 Å². The molecule has 5 heteroatoms. The fraction of sp³-hybridized carbons (Fsp3) is 0.294. The highest BCUT2D eigenvalue weighted by Gasteiger charge is 2.42. The molecule has 2 aromatic rings. The number of hydrogen-bond acceptors (Lipinski definition) is 2. The van der Waals surface area contributed by atoms with Gasteiger partial charge >= 0.3 is 0 Å². The minimum absolute atomic E-state index is 0.205. The second-order valence-corrected chi connectivity index (χ2v) is 7.48. The molecular formula is C17H18FNO2S. The van der Waals surface area contributed by atoms with Crippen LogP contribution in [0.15, 0.2) is 59.5 Å². The van der Waals surface area contributed by atoms with Crippen molar-refractivity contribution in [1.82, 2.24) is 4.31 Å². The van der Waals surface area contributed by atoms with E-state index in [9.17, 15) is 12.8 Å². The Bertz CT molecular complexity index is 744. The predicted molar refractivity (Wildman–Crippen MR) is 83.8 cm³/mol. The van der Waals surface area contributed by atoms with E-state index in [4.69, 9.17) is 0 Å². The van der Waals surface area contributed by atoms with Crippen LogP contribution in [-0.2, 0) is 10.0 Å². The molecule has 2 atom stereocenters. The zero-order valence-electron chi connectivity index (χ0n) is 12.3. The highest BCUT2D eigenvalue weighted by molar-refractivity contribution is 7.89. The summed E-state index contributed by atoms with van der Waals surface area (Å²) in [5.74, 6) is 0. The molecule has 0 spiro atoms. The Hall–Kier alpha value is -1.72. The maximum Gasteiger partial charge on any atom is 0.243 e. The van der Waals surface area contributed by atoms with Crippen LogP contribution in [-0.4, -0.2) is 25.4 Å². The van der Waals surface area contributed by atoms with E-state index in [0.717, 1.165) is 5.56 Å². The first-order valence-corrected chi connectivity index (χ1v) is 8.72. The van der Waals surface area contributed by atoms with Gasteiger partial charge in [-0.1, -0.05) is 48.0 Å². The summed E-state index contributed by atoms with van der Waals surface area (Å²) in [6.45, 7) is 2.10. The Kier molecular flexibility index (Phi) is 4.02. The summed E-state index contributed by atoms with van der Waals surface area (Å²) < 4.78 is 41.3. The van der Waals surface area contributed by atoms with Gasteiger partial charge in [-0.15, -0.1) is 0 Å². The minimum Gasteiger partial charge on any atom is -0.245 e. The van der Waals surface area contributed by atoms with E-state index < -0.39 is 22.2 Å². The second kappa shape index (κ2) is 5.82. The molecule has 0 bridgehead atoms. The van der Waals surface area contributed by atoms with Crippen LogP contribution in [0.25, 0.3) is 0 Å².